The van der Waals surface area contributed by atoms with E-state index < -0.39 is 6.09 Å². The zero-order valence-electron chi connectivity index (χ0n) is 16.2. The first-order valence-electron chi connectivity index (χ1n) is 9.66. The van der Waals surface area contributed by atoms with Crippen molar-refractivity contribution >= 4 is 17.7 Å². The Hall–Kier alpha value is -3.25. The molecule has 0 saturated heterocycles. The van der Waals surface area contributed by atoms with E-state index in [0.29, 0.717) is 35.6 Å². The molecule has 1 aliphatic heterocycles. The highest BCUT2D eigenvalue weighted by Gasteiger charge is 2.32. The van der Waals surface area contributed by atoms with Crippen LogP contribution in [-0.2, 0) is 24.3 Å². The molecule has 0 unspecified atom stereocenters. The van der Waals surface area contributed by atoms with Gasteiger partial charge in [0.15, 0.2) is 6.20 Å². The minimum absolute atomic E-state index is 0.0515. The number of amides is 1. The van der Waals surface area contributed by atoms with Crippen molar-refractivity contribution < 1.29 is 19.0 Å². The summed E-state index contributed by atoms with van der Waals surface area (Å²) in [6.07, 6.45) is 1.45. The number of halogens is 1. The van der Waals surface area contributed by atoms with E-state index in [0.717, 1.165) is 11.1 Å². The fraction of sp³-hybridized carbons (Fsp3) is 0.217. The van der Waals surface area contributed by atoms with Gasteiger partial charge in [0.25, 0.3) is 5.15 Å². The van der Waals surface area contributed by atoms with Crippen LogP contribution in [0.15, 0.2) is 72.9 Å². The number of ether oxygens (including phenoxy) is 2. The molecule has 2 aromatic carbocycles. The van der Waals surface area contributed by atoms with Gasteiger partial charge in [0, 0.05) is 13.0 Å². The fourth-order valence-electron chi connectivity index (χ4n) is 3.44. The number of hydrogen-bond donors (Lipinski definition) is 0. The molecule has 1 aromatic heterocycles. The summed E-state index contributed by atoms with van der Waals surface area (Å²) in [4.78, 5) is 14.7. The third-order valence-electron chi connectivity index (χ3n) is 5.01. The predicted octanol–water partition coefficient (Wildman–Crippen LogP) is 4.12. The van der Waals surface area contributed by atoms with Gasteiger partial charge >= 0.3 is 6.09 Å². The lowest BCUT2D eigenvalue weighted by Gasteiger charge is -2.34. The first kappa shape index (κ1) is 20.0. The van der Waals surface area contributed by atoms with Gasteiger partial charge in [-0.1, -0.05) is 60.7 Å². The molecule has 0 fully saturated rings. The minimum atomic E-state index is -0.427. The Labute approximate surface area is 179 Å². The second-order valence-corrected chi connectivity index (χ2v) is 7.52. The first-order valence-corrected chi connectivity index (χ1v) is 10.0. The Morgan fingerprint density at radius 1 is 1.13 bits per heavy atom. The largest absolute Gasteiger partial charge is 0.618 e. The number of fused-ring (bicyclic) bond motifs is 1. The van der Waals surface area contributed by atoms with Gasteiger partial charge in [0.1, 0.15) is 19.0 Å². The molecule has 1 aliphatic rings. The summed E-state index contributed by atoms with van der Waals surface area (Å²) in [5.41, 5.74) is 2.60. The SMILES string of the molecule is O=C(OCc1ccccc1)N(Cc1ccccc1)[C@H]1COc2cc(Cl)[n+]([O-])cc2C1. The van der Waals surface area contributed by atoms with Crippen LogP contribution >= 0.6 is 11.6 Å². The third-order valence-corrected chi connectivity index (χ3v) is 5.29. The number of carbonyl (C=O) groups is 1. The first-order chi connectivity index (χ1) is 14.6. The smallest absolute Gasteiger partial charge is 0.410 e. The van der Waals surface area contributed by atoms with Crippen LogP contribution in [0.1, 0.15) is 16.7 Å². The van der Waals surface area contributed by atoms with Crippen LogP contribution in [0.25, 0.3) is 0 Å². The Bertz CT molecular complexity index is 1010. The van der Waals surface area contributed by atoms with Crippen LogP contribution in [0.3, 0.4) is 0 Å². The van der Waals surface area contributed by atoms with E-state index in [9.17, 15) is 10.0 Å². The Balaban J connectivity index is 1.53. The maximum absolute atomic E-state index is 13.0. The van der Waals surface area contributed by atoms with Gasteiger partial charge in [-0.15, -0.1) is 0 Å². The van der Waals surface area contributed by atoms with Gasteiger partial charge in [-0.2, -0.15) is 4.73 Å². The summed E-state index contributed by atoms with van der Waals surface area (Å²) in [5.74, 6) is 0.570. The second-order valence-electron chi connectivity index (χ2n) is 7.13. The summed E-state index contributed by atoms with van der Waals surface area (Å²) in [7, 11) is 0. The van der Waals surface area contributed by atoms with E-state index in [2.05, 4.69) is 0 Å². The van der Waals surface area contributed by atoms with Gasteiger partial charge in [0.2, 0.25) is 0 Å². The van der Waals surface area contributed by atoms with E-state index in [1.807, 2.05) is 60.7 Å². The molecular weight excluding hydrogens is 404 g/mol. The van der Waals surface area contributed by atoms with Crippen molar-refractivity contribution in [1.29, 1.82) is 0 Å². The number of benzene rings is 2. The van der Waals surface area contributed by atoms with Crippen LogP contribution in [0.2, 0.25) is 5.15 Å². The molecule has 154 valence electrons. The standard InChI is InChI=1S/C23H21ClN2O4/c24-22-12-21-19(14-26(22)28)11-20(16-29-21)25(13-17-7-3-1-4-8-17)23(27)30-15-18-9-5-2-6-10-18/h1-10,12,14,20H,11,13,15-16H2/t20-/m1/s1. The summed E-state index contributed by atoms with van der Waals surface area (Å²) in [5, 5.41) is 11.9. The number of aromatic nitrogens is 1. The molecule has 0 spiro atoms. The molecule has 7 heteroatoms. The average molecular weight is 425 g/mol. The highest BCUT2D eigenvalue weighted by atomic mass is 35.5. The molecule has 4 rings (SSSR count). The maximum atomic E-state index is 13.0. The lowest BCUT2D eigenvalue weighted by molar-refractivity contribution is -0.603. The molecule has 0 N–H and O–H groups in total. The molecule has 2 heterocycles. The predicted molar refractivity (Wildman–Crippen MR) is 112 cm³/mol. The molecule has 30 heavy (non-hydrogen) atoms. The summed E-state index contributed by atoms with van der Waals surface area (Å²) < 4.78 is 12.0. The number of nitrogens with zero attached hydrogens (tertiary/aromatic N) is 2. The Morgan fingerprint density at radius 3 is 2.50 bits per heavy atom. The van der Waals surface area contributed by atoms with Gasteiger partial charge in [-0.3, -0.25) is 4.90 Å². The summed E-state index contributed by atoms with van der Waals surface area (Å²) in [6.45, 7) is 0.855. The third kappa shape index (κ3) is 4.66. The van der Waals surface area contributed by atoms with Crippen molar-refractivity contribution in [3.8, 4) is 5.75 Å². The fourth-order valence-corrected chi connectivity index (χ4v) is 3.59. The van der Waals surface area contributed by atoms with E-state index in [-0.39, 0.29) is 17.8 Å². The second kappa shape index (κ2) is 9.05. The quantitative estimate of drug-likeness (QED) is 0.351. The molecule has 1 atom stereocenters. The van der Waals surface area contributed by atoms with Gasteiger partial charge in [-0.25, -0.2) is 4.79 Å². The van der Waals surface area contributed by atoms with Crippen LogP contribution in [-0.4, -0.2) is 23.6 Å². The Morgan fingerprint density at radius 2 is 1.80 bits per heavy atom. The molecule has 0 saturated carbocycles. The van der Waals surface area contributed by atoms with Crippen molar-refractivity contribution in [1.82, 2.24) is 4.90 Å². The van der Waals surface area contributed by atoms with E-state index in [1.54, 1.807) is 4.90 Å². The van der Waals surface area contributed by atoms with Crippen LogP contribution in [0.5, 0.6) is 5.75 Å². The lowest BCUT2D eigenvalue weighted by Crippen LogP contribution is -2.47. The summed E-state index contributed by atoms with van der Waals surface area (Å²) in [6, 6.07) is 20.5. The van der Waals surface area contributed by atoms with Crippen molar-refractivity contribution in [3.05, 3.63) is 100.0 Å². The average Bonchev–Trinajstić information content (AvgIpc) is 2.78. The molecule has 0 aliphatic carbocycles. The zero-order chi connectivity index (χ0) is 20.9. The van der Waals surface area contributed by atoms with Crippen LogP contribution < -0.4 is 9.47 Å². The number of pyridine rings is 1. The highest BCUT2D eigenvalue weighted by molar-refractivity contribution is 6.28. The normalized spacial score (nSPS) is 15.0. The zero-order valence-corrected chi connectivity index (χ0v) is 17.0. The topological polar surface area (TPSA) is 65.7 Å². The molecule has 0 radical (unpaired) electrons. The molecule has 0 bridgehead atoms. The van der Waals surface area contributed by atoms with E-state index >= 15 is 0 Å². The van der Waals surface area contributed by atoms with E-state index in [4.69, 9.17) is 21.1 Å². The maximum Gasteiger partial charge on any atom is 0.410 e. The van der Waals surface area contributed by atoms with Gasteiger partial charge in [0.05, 0.1) is 17.7 Å². The van der Waals surface area contributed by atoms with Crippen molar-refractivity contribution in [2.24, 2.45) is 0 Å². The lowest BCUT2D eigenvalue weighted by atomic mass is 10.0. The molecule has 3 aromatic rings. The minimum Gasteiger partial charge on any atom is -0.618 e. The number of rotatable bonds is 5. The van der Waals surface area contributed by atoms with Crippen molar-refractivity contribution in [3.63, 3.8) is 0 Å². The number of hydrogen-bond acceptors (Lipinski definition) is 4. The molecule has 1 amide bonds. The van der Waals surface area contributed by atoms with Gasteiger partial charge < -0.3 is 14.7 Å². The van der Waals surface area contributed by atoms with E-state index in [1.165, 1.54) is 12.3 Å². The highest BCUT2D eigenvalue weighted by Crippen LogP contribution is 2.28. The Kier molecular flexibility index (Phi) is 6.05. The van der Waals surface area contributed by atoms with Crippen LogP contribution in [0.4, 0.5) is 4.79 Å². The van der Waals surface area contributed by atoms with Crippen LogP contribution in [0, 0.1) is 5.21 Å². The molecule has 6 nitrogen and oxygen atoms in total. The monoisotopic (exact) mass is 424 g/mol. The van der Waals surface area contributed by atoms with Gasteiger partial charge in [-0.05, 0) is 22.7 Å². The summed E-state index contributed by atoms with van der Waals surface area (Å²) >= 11 is 5.89. The van der Waals surface area contributed by atoms with Crippen molar-refractivity contribution in [2.45, 2.75) is 25.6 Å². The number of carbonyl (C=O) groups excluding carboxylic acids is 1. The van der Waals surface area contributed by atoms with Crippen molar-refractivity contribution in [2.75, 3.05) is 6.61 Å². The molecular formula is C23H21ClN2O4.